The number of hydrogen-bond donors (Lipinski definition) is 1. The van der Waals surface area contributed by atoms with Gasteiger partial charge in [0, 0.05) is 41.6 Å². The lowest BCUT2D eigenvalue weighted by molar-refractivity contribution is -0.122. The number of nitrogens with zero attached hydrogens (tertiary/aromatic N) is 2. The third kappa shape index (κ3) is 5.43. The highest BCUT2D eigenvalue weighted by Gasteiger charge is 2.32. The number of halogens is 1. The van der Waals surface area contributed by atoms with E-state index in [-0.39, 0.29) is 24.8 Å². The summed E-state index contributed by atoms with van der Waals surface area (Å²) in [4.78, 5) is 32.1. The number of amides is 2. The third-order valence-corrected chi connectivity index (χ3v) is 7.03. The van der Waals surface area contributed by atoms with E-state index in [1.54, 1.807) is 24.4 Å². The van der Waals surface area contributed by atoms with Crippen molar-refractivity contribution in [3.05, 3.63) is 75.0 Å². The first-order valence-corrected chi connectivity index (χ1v) is 11.7. The molecule has 1 aliphatic rings. The molecule has 6 nitrogen and oxygen atoms in total. The molecule has 0 saturated carbocycles. The van der Waals surface area contributed by atoms with Gasteiger partial charge >= 0.3 is 0 Å². The molecule has 2 aromatic heterocycles. The molecule has 1 aromatic carbocycles. The Labute approximate surface area is 197 Å². The molecule has 10 heteroatoms. The summed E-state index contributed by atoms with van der Waals surface area (Å²) >= 11 is 14.1. The number of thiazole rings is 1. The summed E-state index contributed by atoms with van der Waals surface area (Å²) < 4.78 is 5.67. The molecule has 2 amide bonds. The maximum Gasteiger partial charge on any atom is 0.266 e. The summed E-state index contributed by atoms with van der Waals surface area (Å²) in [5.41, 5.74) is 1.00. The summed E-state index contributed by atoms with van der Waals surface area (Å²) in [6, 6.07) is 11.1. The van der Waals surface area contributed by atoms with Gasteiger partial charge in [-0.1, -0.05) is 53.8 Å². The number of nitrogens with one attached hydrogen (secondary N) is 1. The minimum absolute atomic E-state index is 0.111. The zero-order valence-corrected chi connectivity index (χ0v) is 19.2. The third-order valence-electron chi connectivity index (χ3n) is 4.38. The van der Waals surface area contributed by atoms with Crippen molar-refractivity contribution >= 4 is 74.3 Å². The number of thioether (sulfide) groups is 1. The molecule has 158 valence electrons. The minimum Gasteiger partial charge on any atom is -0.465 e. The van der Waals surface area contributed by atoms with Crippen molar-refractivity contribution in [3.63, 3.8) is 0 Å². The van der Waals surface area contributed by atoms with Crippen molar-refractivity contribution in [2.75, 3.05) is 11.9 Å². The van der Waals surface area contributed by atoms with Crippen LogP contribution in [-0.2, 0) is 16.0 Å². The van der Waals surface area contributed by atoms with E-state index in [0.29, 0.717) is 31.6 Å². The molecule has 1 fully saturated rings. The van der Waals surface area contributed by atoms with Gasteiger partial charge < -0.3 is 9.73 Å². The second-order valence-corrected chi connectivity index (χ2v) is 9.75. The van der Waals surface area contributed by atoms with Crippen molar-refractivity contribution in [3.8, 4) is 0 Å². The standard InChI is InChI=1S/C21H16ClN3O3S3/c22-16-6-2-1-4-13(16)10-15-12-23-20(30-15)24-18(26)7-8-25-19(27)17(31-21(25)29)11-14-5-3-9-28-14/h1-6,9,11-12H,7-8,10H2,(H,23,24,26)/b17-11+. The van der Waals surface area contributed by atoms with Crippen LogP contribution < -0.4 is 5.32 Å². The van der Waals surface area contributed by atoms with Crippen molar-refractivity contribution in [1.82, 2.24) is 9.88 Å². The number of thiocarbonyl (C=S) groups is 1. The molecular formula is C21H16ClN3O3S3. The van der Waals surface area contributed by atoms with Crippen LogP contribution in [0.3, 0.4) is 0 Å². The Morgan fingerprint density at radius 2 is 2.13 bits per heavy atom. The molecule has 1 N–H and O–H groups in total. The van der Waals surface area contributed by atoms with E-state index in [1.807, 2.05) is 24.3 Å². The summed E-state index contributed by atoms with van der Waals surface area (Å²) in [5, 5.41) is 3.99. The van der Waals surface area contributed by atoms with Crippen LogP contribution in [0.4, 0.5) is 5.13 Å². The van der Waals surface area contributed by atoms with Crippen LogP contribution in [0.25, 0.3) is 6.08 Å². The molecule has 1 aliphatic heterocycles. The lowest BCUT2D eigenvalue weighted by atomic mass is 10.1. The predicted octanol–water partition coefficient (Wildman–Crippen LogP) is 5.21. The molecule has 0 atom stereocenters. The maximum atomic E-state index is 12.6. The first-order chi connectivity index (χ1) is 15.0. The Morgan fingerprint density at radius 3 is 2.90 bits per heavy atom. The molecule has 0 spiro atoms. The van der Waals surface area contributed by atoms with E-state index in [9.17, 15) is 9.59 Å². The summed E-state index contributed by atoms with van der Waals surface area (Å²) in [6.45, 7) is 0.198. The van der Waals surface area contributed by atoms with Gasteiger partial charge in [0.05, 0.1) is 11.2 Å². The van der Waals surface area contributed by atoms with E-state index < -0.39 is 0 Å². The van der Waals surface area contributed by atoms with Crippen LogP contribution in [0.1, 0.15) is 22.6 Å². The number of carbonyl (C=O) groups is 2. The van der Waals surface area contributed by atoms with Gasteiger partial charge in [-0.15, -0.1) is 11.3 Å². The highest BCUT2D eigenvalue weighted by molar-refractivity contribution is 8.26. The Balaban J connectivity index is 1.31. The van der Waals surface area contributed by atoms with Gasteiger partial charge in [0.1, 0.15) is 10.1 Å². The average molecular weight is 490 g/mol. The maximum absolute atomic E-state index is 12.6. The van der Waals surface area contributed by atoms with Gasteiger partial charge in [-0.3, -0.25) is 14.5 Å². The topological polar surface area (TPSA) is 75.4 Å². The van der Waals surface area contributed by atoms with Gasteiger partial charge in [0.15, 0.2) is 5.13 Å². The fourth-order valence-electron chi connectivity index (χ4n) is 2.87. The molecule has 1 saturated heterocycles. The average Bonchev–Trinajstić information content (AvgIpc) is 3.46. The monoisotopic (exact) mass is 489 g/mol. The summed E-state index contributed by atoms with van der Waals surface area (Å²) in [6.07, 6.45) is 5.67. The SMILES string of the molecule is O=C(CCN1C(=O)/C(=C\c2ccco2)SC1=S)Nc1ncc(Cc2ccccc2Cl)s1. The number of furan rings is 1. The first kappa shape index (κ1) is 21.8. The Kier molecular flexibility index (Phi) is 6.86. The second kappa shape index (κ2) is 9.78. The van der Waals surface area contributed by atoms with Gasteiger partial charge in [-0.25, -0.2) is 4.98 Å². The number of benzene rings is 1. The zero-order valence-electron chi connectivity index (χ0n) is 16.0. The van der Waals surface area contributed by atoms with Gasteiger partial charge in [0.2, 0.25) is 5.91 Å². The molecule has 0 aliphatic carbocycles. The van der Waals surface area contributed by atoms with Crippen molar-refractivity contribution in [1.29, 1.82) is 0 Å². The van der Waals surface area contributed by atoms with E-state index in [2.05, 4.69) is 10.3 Å². The lowest BCUT2D eigenvalue weighted by Gasteiger charge is -2.13. The van der Waals surface area contributed by atoms with Crippen LogP contribution >= 0.6 is 46.9 Å². The molecule has 0 bridgehead atoms. The van der Waals surface area contributed by atoms with Crippen LogP contribution in [0.15, 0.2) is 58.2 Å². The van der Waals surface area contributed by atoms with Crippen LogP contribution in [0, 0.1) is 0 Å². The number of anilines is 1. The van der Waals surface area contributed by atoms with Gasteiger partial charge in [0.25, 0.3) is 5.91 Å². The van der Waals surface area contributed by atoms with Gasteiger partial charge in [-0.05, 0) is 23.8 Å². The molecule has 31 heavy (non-hydrogen) atoms. The molecule has 3 aromatic rings. The molecule has 0 radical (unpaired) electrons. The van der Waals surface area contributed by atoms with Crippen molar-refractivity contribution < 1.29 is 14.0 Å². The largest absolute Gasteiger partial charge is 0.465 e. The number of aromatic nitrogens is 1. The van der Waals surface area contributed by atoms with Crippen LogP contribution in [-0.4, -0.2) is 32.6 Å². The molecule has 4 rings (SSSR count). The second-order valence-electron chi connectivity index (χ2n) is 6.55. The minimum atomic E-state index is -0.234. The lowest BCUT2D eigenvalue weighted by Crippen LogP contribution is -2.31. The Morgan fingerprint density at radius 1 is 1.29 bits per heavy atom. The molecular weight excluding hydrogens is 474 g/mol. The smallest absolute Gasteiger partial charge is 0.266 e. The highest BCUT2D eigenvalue weighted by Crippen LogP contribution is 2.32. The number of rotatable bonds is 7. The highest BCUT2D eigenvalue weighted by atomic mass is 35.5. The molecule has 3 heterocycles. The first-order valence-electron chi connectivity index (χ1n) is 9.26. The Bertz CT molecular complexity index is 1160. The fraction of sp³-hybridized carbons (Fsp3) is 0.143. The van der Waals surface area contributed by atoms with Gasteiger partial charge in [-0.2, -0.15) is 0 Å². The number of hydrogen-bond acceptors (Lipinski definition) is 7. The van der Waals surface area contributed by atoms with Crippen LogP contribution in [0.5, 0.6) is 0 Å². The van der Waals surface area contributed by atoms with E-state index in [4.69, 9.17) is 28.2 Å². The molecule has 0 unspecified atom stereocenters. The van der Waals surface area contributed by atoms with Crippen molar-refractivity contribution in [2.24, 2.45) is 0 Å². The fourth-order valence-corrected chi connectivity index (χ4v) is 5.21. The summed E-state index contributed by atoms with van der Waals surface area (Å²) in [5.74, 6) is 0.118. The van der Waals surface area contributed by atoms with E-state index in [1.165, 1.54) is 34.3 Å². The van der Waals surface area contributed by atoms with Crippen LogP contribution in [0.2, 0.25) is 5.02 Å². The Hall–Kier alpha value is -2.46. The van der Waals surface area contributed by atoms with E-state index >= 15 is 0 Å². The number of carbonyl (C=O) groups excluding carboxylic acids is 2. The van der Waals surface area contributed by atoms with Crippen molar-refractivity contribution in [2.45, 2.75) is 12.8 Å². The predicted molar refractivity (Wildman–Crippen MR) is 128 cm³/mol. The summed E-state index contributed by atoms with van der Waals surface area (Å²) in [7, 11) is 0. The quantitative estimate of drug-likeness (QED) is 0.362. The zero-order chi connectivity index (χ0) is 21.8. The van der Waals surface area contributed by atoms with E-state index in [0.717, 1.165) is 10.4 Å². The normalized spacial score (nSPS) is 15.1.